The van der Waals surface area contributed by atoms with Crippen molar-refractivity contribution in [1.82, 2.24) is 25.9 Å². The van der Waals surface area contributed by atoms with Crippen molar-refractivity contribution in [3.05, 3.63) is 34.1 Å². The first-order valence-corrected chi connectivity index (χ1v) is 7.34. The minimum absolute atomic E-state index is 0.257. The van der Waals surface area contributed by atoms with E-state index in [1.165, 1.54) is 0 Å². The Bertz CT molecular complexity index is 580. The van der Waals surface area contributed by atoms with Gasteiger partial charge in [0.25, 0.3) is 0 Å². The van der Waals surface area contributed by atoms with Crippen molar-refractivity contribution in [2.75, 3.05) is 20.2 Å². The van der Waals surface area contributed by atoms with Gasteiger partial charge < -0.3 is 10.1 Å². The summed E-state index contributed by atoms with van der Waals surface area (Å²) in [5, 5.41) is 18.2. The minimum atomic E-state index is -0.257. The van der Waals surface area contributed by atoms with Gasteiger partial charge in [0.1, 0.15) is 5.75 Å². The fraction of sp³-hybridized carbons (Fsp3) is 0.462. The van der Waals surface area contributed by atoms with E-state index in [0.717, 1.165) is 47.5 Å². The predicted molar refractivity (Wildman–Crippen MR) is 77.8 cm³/mol. The Labute approximate surface area is 125 Å². The summed E-state index contributed by atoms with van der Waals surface area (Å²) in [5.41, 5.74) is 0.852. The number of nitrogens with zero attached hydrogens (tertiary/aromatic N) is 3. The molecule has 0 bridgehead atoms. The average Bonchev–Trinajstić information content (AvgIpc) is 3.03. The van der Waals surface area contributed by atoms with Gasteiger partial charge in [0, 0.05) is 10.0 Å². The highest BCUT2D eigenvalue weighted by Crippen LogP contribution is 2.43. The maximum absolute atomic E-state index is 5.55. The van der Waals surface area contributed by atoms with Gasteiger partial charge in [0.15, 0.2) is 5.82 Å². The van der Waals surface area contributed by atoms with Crippen LogP contribution < -0.4 is 10.1 Å². The molecular formula is C13H16BrN5O. The van der Waals surface area contributed by atoms with Crippen LogP contribution >= 0.6 is 15.9 Å². The molecule has 2 N–H and O–H groups in total. The first-order valence-electron chi connectivity index (χ1n) is 6.55. The Morgan fingerprint density at radius 3 is 2.75 bits per heavy atom. The van der Waals surface area contributed by atoms with Crippen molar-refractivity contribution in [2.24, 2.45) is 0 Å². The zero-order chi connectivity index (χ0) is 14.0. The molecule has 0 aliphatic carbocycles. The third-order valence-corrected chi connectivity index (χ3v) is 4.40. The van der Waals surface area contributed by atoms with E-state index >= 15 is 0 Å². The van der Waals surface area contributed by atoms with Gasteiger partial charge in [-0.25, -0.2) is 0 Å². The molecule has 0 amide bonds. The molecule has 1 fully saturated rings. The molecule has 3 rings (SSSR count). The van der Waals surface area contributed by atoms with Gasteiger partial charge in [0.2, 0.25) is 0 Å². The van der Waals surface area contributed by atoms with E-state index in [9.17, 15) is 0 Å². The van der Waals surface area contributed by atoms with Crippen LogP contribution in [-0.2, 0) is 5.41 Å². The quantitative estimate of drug-likeness (QED) is 0.890. The fourth-order valence-corrected chi connectivity index (χ4v) is 3.25. The van der Waals surface area contributed by atoms with Gasteiger partial charge in [-0.1, -0.05) is 21.1 Å². The van der Waals surface area contributed by atoms with Gasteiger partial charge in [-0.15, -0.1) is 10.2 Å². The first kappa shape index (κ1) is 13.5. The summed E-state index contributed by atoms with van der Waals surface area (Å²) in [4.78, 5) is 0. The van der Waals surface area contributed by atoms with Gasteiger partial charge >= 0.3 is 0 Å². The Morgan fingerprint density at radius 2 is 2.10 bits per heavy atom. The van der Waals surface area contributed by atoms with E-state index in [1.54, 1.807) is 7.11 Å². The smallest absolute Gasteiger partial charge is 0.185 e. The van der Waals surface area contributed by atoms with Crippen LogP contribution in [-0.4, -0.2) is 40.8 Å². The third-order valence-electron chi connectivity index (χ3n) is 3.91. The number of nitrogens with one attached hydrogen (secondary N) is 2. The molecule has 2 heterocycles. The molecule has 7 heteroatoms. The largest absolute Gasteiger partial charge is 0.496 e. The van der Waals surface area contributed by atoms with Crippen LogP contribution in [0.3, 0.4) is 0 Å². The number of benzene rings is 1. The van der Waals surface area contributed by atoms with Crippen molar-refractivity contribution < 1.29 is 4.74 Å². The van der Waals surface area contributed by atoms with Crippen molar-refractivity contribution >= 4 is 15.9 Å². The second-order valence-electron chi connectivity index (χ2n) is 4.91. The predicted octanol–water partition coefficient (Wildman–Crippen LogP) is 1.64. The van der Waals surface area contributed by atoms with Gasteiger partial charge in [-0.05, 0) is 44.1 Å². The standard InChI is InChI=1S/C13H16BrN5O/c1-20-11-3-2-9(14)8-10(11)13(4-6-15-7-5-13)12-16-18-19-17-12/h2-3,8,15H,4-7H2,1H3,(H,16,17,18,19). The maximum atomic E-state index is 5.55. The van der Waals surface area contributed by atoms with E-state index in [1.807, 2.05) is 12.1 Å². The summed E-state index contributed by atoms with van der Waals surface area (Å²) in [6.07, 6.45) is 1.83. The van der Waals surface area contributed by atoms with Gasteiger partial charge in [-0.3, -0.25) is 0 Å². The minimum Gasteiger partial charge on any atom is -0.496 e. The van der Waals surface area contributed by atoms with Crippen molar-refractivity contribution in [3.8, 4) is 5.75 Å². The number of piperidine rings is 1. The van der Waals surface area contributed by atoms with Crippen LogP contribution in [0.5, 0.6) is 5.75 Å². The summed E-state index contributed by atoms with van der Waals surface area (Å²) in [6.45, 7) is 1.84. The van der Waals surface area contributed by atoms with Crippen molar-refractivity contribution in [2.45, 2.75) is 18.3 Å². The highest BCUT2D eigenvalue weighted by atomic mass is 79.9. The topological polar surface area (TPSA) is 75.7 Å². The molecule has 20 heavy (non-hydrogen) atoms. The van der Waals surface area contributed by atoms with Crippen LogP contribution in [0.1, 0.15) is 24.2 Å². The van der Waals surface area contributed by atoms with Crippen molar-refractivity contribution in [3.63, 3.8) is 0 Å². The van der Waals surface area contributed by atoms with Gasteiger partial charge in [0.05, 0.1) is 12.5 Å². The number of aromatic nitrogens is 4. The first-order chi connectivity index (χ1) is 9.76. The summed E-state index contributed by atoms with van der Waals surface area (Å²) >= 11 is 3.54. The molecule has 0 spiro atoms. The maximum Gasteiger partial charge on any atom is 0.185 e. The summed E-state index contributed by atoms with van der Waals surface area (Å²) in [7, 11) is 1.69. The summed E-state index contributed by atoms with van der Waals surface area (Å²) < 4.78 is 6.57. The van der Waals surface area contributed by atoms with Crippen LogP contribution in [0.15, 0.2) is 22.7 Å². The molecule has 106 valence electrons. The molecule has 1 aliphatic rings. The van der Waals surface area contributed by atoms with Crippen molar-refractivity contribution in [1.29, 1.82) is 0 Å². The molecule has 1 saturated heterocycles. The Morgan fingerprint density at radius 1 is 1.30 bits per heavy atom. The lowest BCUT2D eigenvalue weighted by Gasteiger charge is -2.36. The van der Waals surface area contributed by atoms with E-state index in [0.29, 0.717) is 0 Å². The number of tetrazole rings is 1. The lowest BCUT2D eigenvalue weighted by Crippen LogP contribution is -2.41. The monoisotopic (exact) mass is 337 g/mol. The van der Waals surface area contributed by atoms with E-state index < -0.39 is 0 Å². The highest BCUT2D eigenvalue weighted by Gasteiger charge is 2.41. The fourth-order valence-electron chi connectivity index (χ4n) is 2.89. The Hall–Kier alpha value is -1.47. The Kier molecular flexibility index (Phi) is 3.71. The zero-order valence-electron chi connectivity index (χ0n) is 11.2. The number of methoxy groups -OCH3 is 1. The number of ether oxygens (including phenoxy) is 1. The SMILES string of the molecule is COc1ccc(Br)cc1C1(c2nn[nH]n2)CCNCC1. The molecule has 0 saturated carbocycles. The molecule has 0 atom stereocenters. The average molecular weight is 338 g/mol. The molecule has 6 nitrogen and oxygen atoms in total. The Balaban J connectivity index is 2.17. The number of rotatable bonds is 3. The van der Waals surface area contributed by atoms with Crippen LogP contribution in [0.25, 0.3) is 0 Å². The van der Waals surface area contributed by atoms with Crippen LogP contribution in [0, 0.1) is 0 Å². The molecule has 2 aromatic rings. The second kappa shape index (κ2) is 5.49. The van der Waals surface area contributed by atoms with E-state index in [2.05, 4.69) is 47.9 Å². The number of hydrogen-bond acceptors (Lipinski definition) is 5. The molecule has 0 unspecified atom stereocenters. The molecule has 0 radical (unpaired) electrons. The van der Waals surface area contributed by atoms with Crippen LogP contribution in [0.2, 0.25) is 0 Å². The number of halogens is 1. The number of H-pyrrole nitrogens is 1. The summed E-state index contributed by atoms with van der Waals surface area (Å²) in [5.74, 6) is 1.59. The second-order valence-corrected chi connectivity index (χ2v) is 5.83. The van der Waals surface area contributed by atoms with Gasteiger partial charge in [-0.2, -0.15) is 5.21 Å². The molecule has 1 aromatic carbocycles. The molecule has 1 aliphatic heterocycles. The molecular weight excluding hydrogens is 322 g/mol. The normalized spacial score (nSPS) is 17.9. The van der Waals surface area contributed by atoms with Crippen LogP contribution in [0.4, 0.5) is 0 Å². The summed E-state index contributed by atoms with van der Waals surface area (Å²) in [6, 6.07) is 6.05. The highest BCUT2D eigenvalue weighted by molar-refractivity contribution is 9.10. The molecule has 1 aromatic heterocycles. The van der Waals surface area contributed by atoms with E-state index in [4.69, 9.17) is 4.74 Å². The zero-order valence-corrected chi connectivity index (χ0v) is 12.8. The lowest BCUT2D eigenvalue weighted by atomic mass is 9.72. The number of hydrogen-bond donors (Lipinski definition) is 2. The lowest BCUT2D eigenvalue weighted by molar-refractivity contribution is 0.326. The third kappa shape index (κ3) is 2.20. The van der Waals surface area contributed by atoms with E-state index in [-0.39, 0.29) is 5.41 Å². The number of aromatic amines is 1.